The lowest BCUT2D eigenvalue weighted by molar-refractivity contribution is -0.129. The molecule has 1 unspecified atom stereocenters. The van der Waals surface area contributed by atoms with Crippen LogP contribution in [0.5, 0.6) is 5.75 Å². The van der Waals surface area contributed by atoms with E-state index in [4.69, 9.17) is 9.84 Å². The average Bonchev–Trinajstić information content (AvgIpc) is 2.38. The molecule has 0 radical (unpaired) electrons. The molecule has 110 valence electrons. The van der Waals surface area contributed by atoms with Crippen LogP contribution in [0.2, 0.25) is 0 Å². The zero-order valence-electron chi connectivity index (χ0n) is 12.1. The number of carbonyl (C=O) groups excluding carboxylic acids is 1. The van der Waals surface area contributed by atoms with Crippen LogP contribution in [0.3, 0.4) is 0 Å². The molecule has 0 saturated carbocycles. The first-order valence-corrected chi connectivity index (χ1v) is 6.43. The van der Waals surface area contributed by atoms with E-state index in [1.807, 2.05) is 20.8 Å². The number of ether oxygens (including phenoxy) is 1. The number of hydrogen-bond acceptors (Lipinski definition) is 4. The van der Waals surface area contributed by atoms with Crippen molar-refractivity contribution in [3.63, 3.8) is 0 Å². The summed E-state index contributed by atoms with van der Waals surface area (Å²) in [6, 6.07) is 2.81. The van der Waals surface area contributed by atoms with E-state index in [2.05, 4.69) is 10.3 Å². The molecule has 2 N–H and O–H groups in total. The molecule has 0 spiro atoms. The molecule has 1 heterocycles. The number of nitrogens with one attached hydrogen (secondary N) is 1. The first-order valence-electron chi connectivity index (χ1n) is 6.43. The summed E-state index contributed by atoms with van der Waals surface area (Å²) in [6.45, 7) is 7.48. The van der Waals surface area contributed by atoms with Crippen molar-refractivity contribution in [2.45, 2.75) is 45.8 Å². The standard InChI is InChI=1S/C14H20N2O4/c1-5-14(3,4)16-12(17)9(2)20-10-6-7-11(13(18)19)15-8-10/h6-9H,5H2,1-4H3,(H,16,17)(H,18,19). The fourth-order valence-electron chi connectivity index (χ4n) is 1.36. The van der Waals surface area contributed by atoms with Gasteiger partial charge in [0.2, 0.25) is 0 Å². The van der Waals surface area contributed by atoms with Crippen molar-refractivity contribution < 1.29 is 19.4 Å². The van der Waals surface area contributed by atoms with Crippen molar-refractivity contribution in [3.05, 3.63) is 24.0 Å². The molecule has 0 bridgehead atoms. The second-order valence-electron chi connectivity index (χ2n) is 5.17. The third kappa shape index (κ3) is 4.53. The first-order chi connectivity index (χ1) is 9.25. The van der Waals surface area contributed by atoms with Crippen LogP contribution in [0.15, 0.2) is 18.3 Å². The second kappa shape index (κ2) is 6.36. The Kier molecular flexibility index (Phi) is 5.07. The minimum atomic E-state index is -1.10. The Labute approximate surface area is 118 Å². The van der Waals surface area contributed by atoms with Gasteiger partial charge in [0.05, 0.1) is 6.20 Å². The minimum absolute atomic E-state index is 0.0680. The maximum Gasteiger partial charge on any atom is 0.354 e. The van der Waals surface area contributed by atoms with Crippen LogP contribution in [0.1, 0.15) is 44.6 Å². The molecule has 20 heavy (non-hydrogen) atoms. The third-order valence-corrected chi connectivity index (χ3v) is 2.98. The molecule has 1 atom stereocenters. The van der Waals surface area contributed by atoms with Crippen molar-refractivity contribution in [2.24, 2.45) is 0 Å². The molecule has 0 fully saturated rings. The van der Waals surface area contributed by atoms with Gasteiger partial charge in [-0.1, -0.05) is 6.92 Å². The number of pyridine rings is 1. The summed E-state index contributed by atoms with van der Waals surface area (Å²) >= 11 is 0. The molecule has 0 aliphatic rings. The van der Waals surface area contributed by atoms with Crippen molar-refractivity contribution in [1.29, 1.82) is 0 Å². The lowest BCUT2D eigenvalue weighted by Crippen LogP contribution is -2.48. The SMILES string of the molecule is CCC(C)(C)NC(=O)C(C)Oc1ccc(C(=O)O)nc1. The predicted octanol–water partition coefficient (Wildman–Crippen LogP) is 1.85. The van der Waals surface area contributed by atoms with Gasteiger partial charge in [0.1, 0.15) is 11.4 Å². The fraction of sp³-hybridized carbons (Fsp3) is 0.500. The summed E-state index contributed by atoms with van der Waals surface area (Å²) in [4.78, 5) is 26.3. The van der Waals surface area contributed by atoms with Gasteiger partial charge in [-0.3, -0.25) is 4.79 Å². The molecule has 6 nitrogen and oxygen atoms in total. The number of carboxylic acids is 1. The van der Waals surface area contributed by atoms with Gasteiger partial charge in [-0.05, 0) is 39.3 Å². The molecule has 0 saturated heterocycles. The van der Waals surface area contributed by atoms with E-state index >= 15 is 0 Å². The van der Waals surface area contributed by atoms with Crippen molar-refractivity contribution in [1.82, 2.24) is 10.3 Å². The van der Waals surface area contributed by atoms with Crippen molar-refractivity contribution in [2.75, 3.05) is 0 Å². The summed E-state index contributed by atoms with van der Waals surface area (Å²) in [5.41, 5.74) is -0.360. The molecule has 1 aromatic rings. The van der Waals surface area contributed by atoms with Crippen LogP contribution < -0.4 is 10.1 Å². The molecule has 1 rings (SSSR count). The number of aromatic nitrogens is 1. The van der Waals surface area contributed by atoms with Gasteiger partial charge in [-0.25, -0.2) is 9.78 Å². The van der Waals surface area contributed by atoms with Gasteiger partial charge in [-0.2, -0.15) is 0 Å². The van der Waals surface area contributed by atoms with Crippen LogP contribution in [0.25, 0.3) is 0 Å². The number of carbonyl (C=O) groups is 2. The maximum absolute atomic E-state index is 11.9. The van der Waals surface area contributed by atoms with Crippen LogP contribution in [-0.4, -0.2) is 33.6 Å². The summed E-state index contributed by atoms with van der Waals surface area (Å²) in [5.74, 6) is -0.974. The monoisotopic (exact) mass is 280 g/mol. The molecule has 0 aliphatic heterocycles. The summed E-state index contributed by atoms with van der Waals surface area (Å²) in [5, 5.41) is 11.6. The maximum atomic E-state index is 11.9. The molecule has 1 aromatic heterocycles. The van der Waals surface area contributed by atoms with Crippen LogP contribution in [0, 0.1) is 0 Å². The summed E-state index contributed by atoms with van der Waals surface area (Å²) in [7, 11) is 0. The summed E-state index contributed by atoms with van der Waals surface area (Å²) < 4.78 is 5.43. The first kappa shape index (κ1) is 15.9. The Morgan fingerprint density at radius 2 is 2.10 bits per heavy atom. The number of nitrogens with zero attached hydrogens (tertiary/aromatic N) is 1. The van der Waals surface area contributed by atoms with E-state index in [-0.39, 0.29) is 17.1 Å². The lowest BCUT2D eigenvalue weighted by atomic mass is 10.0. The Morgan fingerprint density at radius 3 is 2.55 bits per heavy atom. The highest BCUT2D eigenvalue weighted by molar-refractivity contribution is 5.85. The highest BCUT2D eigenvalue weighted by Crippen LogP contribution is 2.13. The molecular formula is C14H20N2O4. The smallest absolute Gasteiger partial charge is 0.354 e. The van der Waals surface area contributed by atoms with Gasteiger partial charge in [0.15, 0.2) is 6.10 Å². The molecular weight excluding hydrogens is 260 g/mol. The van der Waals surface area contributed by atoms with Crippen LogP contribution in [-0.2, 0) is 4.79 Å². The molecule has 6 heteroatoms. The molecule has 0 aliphatic carbocycles. The van der Waals surface area contributed by atoms with E-state index in [0.29, 0.717) is 5.75 Å². The van der Waals surface area contributed by atoms with Crippen molar-refractivity contribution >= 4 is 11.9 Å². The highest BCUT2D eigenvalue weighted by atomic mass is 16.5. The van der Waals surface area contributed by atoms with Gasteiger partial charge in [0, 0.05) is 5.54 Å². The van der Waals surface area contributed by atoms with Gasteiger partial charge in [0.25, 0.3) is 5.91 Å². The lowest BCUT2D eigenvalue weighted by Gasteiger charge is -2.26. The van der Waals surface area contributed by atoms with Crippen LogP contribution in [0.4, 0.5) is 0 Å². The van der Waals surface area contributed by atoms with Gasteiger partial charge >= 0.3 is 5.97 Å². The minimum Gasteiger partial charge on any atom is -0.479 e. The largest absolute Gasteiger partial charge is 0.479 e. The number of hydrogen-bond donors (Lipinski definition) is 2. The normalized spacial score (nSPS) is 12.6. The van der Waals surface area contributed by atoms with Crippen LogP contribution >= 0.6 is 0 Å². The number of carboxylic acid groups (broad SMARTS) is 1. The highest BCUT2D eigenvalue weighted by Gasteiger charge is 2.23. The number of rotatable bonds is 6. The van der Waals surface area contributed by atoms with E-state index in [9.17, 15) is 9.59 Å². The predicted molar refractivity (Wildman–Crippen MR) is 73.8 cm³/mol. The summed E-state index contributed by atoms with van der Waals surface area (Å²) in [6.07, 6.45) is 1.41. The Bertz CT molecular complexity index is 482. The zero-order chi connectivity index (χ0) is 15.3. The number of aromatic carboxylic acids is 1. The second-order valence-corrected chi connectivity index (χ2v) is 5.17. The molecule has 1 amide bonds. The fourth-order valence-corrected chi connectivity index (χ4v) is 1.36. The quantitative estimate of drug-likeness (QED) is 0.830. The van der Waals surface area contributed by atoms with Gasteiger partial charge < -0.3 is 15.2 Å². The van der Waals surface area contributed by atoms with E-state index in [0.717, 1.165) is 6.42 Å². The van der Waals surface area contributed by atoms with Gasteiger partial charge in [-0.15, -0.1) is 0 Å². The van der Waals surface area contributed by atoms with E-state index in [1.165, 1.54) is 18.3 Å². The Hall–Kier alpha value is -2.11. The topological polar surface area (TPSA) is 88.5 Å². The average molecular weight is 280 g/mol. The van der Waals surface area contributed by atoms with E-state index in [1.54, 1.807) is 6.92 Å². The van der Waals surface area contributed by atoms with E-state index < -0.39 is 12.1 Å². The zero-order valence-corrected chi connectivity index (χ0v) is 12.1. The Balaban J connectivity index is 2.63. The molecule has 0 aromatic carbocycles. The Morgan fingerprint density at radius 1 is 1.45 bits per heavy atom. The third-order valence-electron chi connectivity index (χ3n) is 2.98. The number of amides is 1. The van der Waals surface area contributed by atoms with Crippen molar-refractivity contribution in [3.8, 4) is 5.75 Å².